The number of aliphatic hydroxyl groups is 2. The van der Waals surface area contributed by atoms with Gasteiger partial charge in [0, 0.05) is 5.41 Å². The van der Waals surface area contributed by atoms with E-state index in [4.69, 9.17) is 4.74 Å². The molecule has 0 spiro atoms. The molecule has 5 rings (SSSR count). The highest BCUT2D eigenvalue weighted by molar-refractivity contribution is 5.98. The summed E-state index contributed by atoms with van der Waals surface area (Å²) in [4.78, 5) is 25.5. The van der Waals surface area contributed by atoms with E-state index >= 15 is 0 Å². The van der Waals surface area contributed by atoms with Crippen molar-refractivity contribution in [3.05, 3.63) is 47.3 Å². The van der Waals surface area contributed by atoms with Crippen molar-refractivity contribution in [3.63, 3.8) is 0 Å². The Morgan fingerprint density at radius 3 is 2.58 bits per heavy atom. The van der Waals surface area contributed by atoms with E-state index in [2.05, 4.69) is 13.0 Å². The number of carbonyl (C=O) groups excluding carboxylic acids is 2. The van der Waals surface area contributed by atoms with E-state index < -0.39 is 22.0 Å². The fourth-order valence-electron chi connectivity index (χ4n) is 7.67. The molecule has 8 atom stereocenters. The molecule has 0 aromatic heterocycles. The molecule has 5 nitrogen and oxygen atoms in total. The van der Waals surface area contributed by atoms with Gasteiger partial charge in [-0.2, -0.15) is 0 Å². The van der Waals surface area contributed by atoms with Gasteiger partial charge in [0.25, 0.3) is 0 Å². The van der Waals surface area contributed by atoms with Crippen molar-refractivity contribution in [2.24, 2.45) is 34.5 Å². The van der Waals surface area contributed by atoms with E-state index in [0.717, 1.165) is 24.8 Å². The highest BCUT2D eigenvalue weighted by atomic mass is 16.6. The minimum absolute atomic E-state index is 0.0376. The molecule has 178 valence electrons. The first-order valence-corrected chi connectivity index (χ1v) is 12.4. The van der Waals surface area contributed by atoms with Crippen LogP contribution in [-0.2, 0) is 14.3 Å². The lowest BCUT2D eigenvalue weighted by Gasteiger charge is -2.60. The van der Waals surface area contributed by atoms with Crippen LogP contribution in [0.3, 0.4) is 0 Å². The molecule has 0 amide bonds. The van der Waals surface area contributed by atoms with Crippen LogP contribution in [0, 0.1) is 34.5 Å². The fraction of sp³-hybridized carbons (Fsp3) is 0.643. The second kappa shape index (κ2) is 7.02. The molecule has 1 saturated carbocycles. The van der Waals surface area contributed by atoms with Crippen molar-refractivity contribution in [1.29, 1.82) is 0 Å². The summed E-state index contributed by atoms with van der Waals surface area (Å²) >= 11 is 0. The summed E-state index contributed by atoms with van der Waals surface area (Å²) in [6.45, 7) is 9.56. The van der Waals surface area contributed by atoms with Crippen molar-refractivity contribution in [1.82, 2.24) is 0 Å². The molecular weight excluding hydrogens is 416 g/mol. The topological polar surface area (TPSA) is 83.8 Å². The van der Waals surface area contributed by atoms with Crippen LogP contribution in [0.4, 0.5) is 0 Å². The molecule has 5 heteroatoms. The number of carbonyl (C=O) groups is 2. The molecule has 1 fully saturated rings. The summed E-state index contributed by atoms with van der Waals surface area (Å²) in [7, 11) is 0. The van der Waals surface area contributed by atoms with Crippen LogP contribution < -0.4 is 0 Å². The van der Waals surface area contributed by atoms with E-state index in [9.17, 15) is 19.8 Å². The average molecular weight is 453 g/mol. The van der Waals surface area contributed by atoms with Crippen LogP contribution in [0.1, 0.15) is 66.7 Å². The van der Waals surface area contributed by atoms with Crippen LogP contribution in [-0.4, -0.2) is 33.2 Å². The summed E-state index contributed by atoms with van der Waals surface area (Å²) in [5.41, 5.74) is -1.88. The molecule has 5 aliphatic rings. The van der Waals surface area contributed by atoms with Gasteiger partial charge >= 0.3 is 5.97 Å². The Morgan fingerprint density at radius 2 is 1.88 bits per heavy atom. The Bertz CT molecular complexity index is 1040. The second-order valence-electron chi connectivity index (χ2n) is 11.6. The molecule has 2 N–H and O–H groups in total. The summed E-state index contributed by atoms with van der Waals surface area (Å²) in [6, 6.07) is 0. The SMILES string of the molecule is CC1C=C(C(C)(O)C2=CCC3(O)C4CC=C5CC=CC(=O)C5(C)C4CCC23C)OC(=O)C1C. The molecule has 1 heterocycles. The maximum Gasteiger partial charge on any atom is 0.314 e. The molecule has 0 aromatic rings. The Hall–Kier alpha value is -1.98. The number of esters is 1. The van der Waals surface area contributed by atoms with Gasteiger partial charge in [-0.1, -0.05) is 44.6 Å². The Kier molecular flexibility index (Phi) is 4.85. The minimum atomic E-state index is -1.49. The van der Waals surface area contributed by atoms with Crippen LogP contribution in [0.5, 0.6) is 0 Å². The number of hydrogen-bond donors (Lipinski definition) is 2. The van der Waals surface area contributed by atoms with Crippen molar-refractivity contribution in [2.75, 3.05) is 0 Å². The normalized spacial score (nSPS) is 46.2. The van der Waals surface area contributed by atoms with Crippen molar-refractivity contribution in [3.8, 4) is 0 Å². The van der Waals surface area contributed by atoms with Gasteiger partial charge in [0.05, 0.1) is 16.9 Å². The molecule has 0 radical (unpaired) electrons. The average Bonchev–Trinajstić information content (AvgIpc) is 3.04. The van der Waals surface area contributed by atoms with Gasteiger partial charge in [-0.05, 0) is 81.4 Å². The standard InChI is InChI=1S/C28H36O5/c1-16-15-23(33-24(30)17(16)2)27(5,31)21-12-14-28(32)20-10-9-18-7-6-8-22(29)26(18,4)19(20)11-13-25(21,28)3/h6,8-9,12,15-17,19-20,31-32H,7,10-11,13-14H2,1-5H3. The summed E-state index contributed by atoms with van der Waals surface area (Å²) in [5, 5.41) is 24.0. The minimum Gasteiger partial charge on any atom is -0.428 e. The lowest BCUT2D eigenvalue weighted by atomic mass is 9.45. The lowest BCUT2D eigenvalue weighted by molar-refractivity contribution is -0.169. The lowest BCUT2D eigenvalue weighted by Crippen LogP contribution is -2.62. The summed E-state index contributed by atoms with van der Waals surface area (Å²) < 4.78 is 5.60. The van der Waals surface area contributed by atoms with Crippen molar-refractivity contribution < 1.29 is 24.5 Å². The molecule has 8 unspecified atom stereocenters. The molecule has 33 heavy (non-hydrogen) atoms. The highest BCUT2D eigenvalue weighted by Crippen LogP contribution is 2.67. The molecule has 4 aliphatic carbocycles. The summed E-state index contributed by atoms with van der Waals surface area (Å²) in [5.74, 6) is -0.222. The Labute approximate surface area is 196 Å². The van der Waals surface area contributed by atoms with E-state index in [1.165, 1.54) is 5.57 Å². The number of fused-ring (bicyclic) bond motifs is 5. The van der Waals surface area contributed by atoms with Gasteiger partial charge in [-0.25, -0.2) is 0 Å². The van der Waals surface area contributed by atoms with E-state index in [1.807, 2.05) is 39.0 Å². The first-order valence-electron chi connectivity index (χ1n) is 12.4. The number of allylic oxidation sites excluding steroid dienone is 5. The third kappa shape index (κ3) is 2.78. The third-order valence-electron chi connectivity index (χ3n) is 10.2. The highest BCUT2D eigenvalue weighted by Gasteiger charge is 2.67. The van der Waals surface area contributed by atoms with Gasteiger partial charge in [-0.15, -0.1) is 0 Å². The smallest absolute Gasteiger partial charge is 0.314 e. The number of hydrogen-bond acceptors (Lipinski definition) is 5. The monoisotopic (exact) mass is 452 g/mol. The van der Waals surface area contributed by atoms with E-state index in [-0.39, 0.29) is 41.2 Å². The number of ketones is 1. The maximum absolute atomic E-state index is 13.1. The zero-order valence-corrected chi connectivity index (χ0v) is 20.4. The van der Waals surface area contributed by atoms with Gasteiger partial charge in [0.2, 0.25) is 0 Å². The summed E-state index contributed by atoms with van der Waals surface area (Å²) in [6.07, 6.45) is 13.1. The number of cyclic esters (lactones) is 1. The molecule has 0 bridgehead atoms. The second-order valence-corrected chi connectivity index (χ2v) is 11.6. The predicted octanol–water partition coefficient (Wildman–Crippen LogP) is 4.41. The molecular formula is C28H36O5. The Balaban J connectivity index is 1.52. The van der Waals surface area contributed by atoms with Crippen LogP contribution >= 0.6 is 0 Å². The van der Waals surface area contributed by atoms with Gasteiger partial charge in [0.15, 0.2) is 5.78 Å². The van der Waals surface area contributed by atoms with Crippen LogP contribution in [0.2, 0.25) is 0 Å². The largest absolute Gasteiger partial charge is 0.428 e. The molecule has 0 aromatic carbocycles. The zero-order chi connectivity index (χ0) is 24.0. The predicted molar refractivity (Wildman–Crippen MR) is 125 cm³/mol. The first kappa shape index (κ1) is 22.8. The van der Waals surface area contributed by atoms with Crippen molar-refractivity contribution >= 4 is 11.8 Å². The molecule has 1 aliphatic heterocycles. The first-order chi connectivity index (χ1) is 15.4. The van der Waals surface area contributed by atoms with Crippen LogP contribution in [0.25, 0.3) is 0 Å². The fourth-order valence-corrected chi connectivity index (χ4v) is 7.67. The van der Waals surface area contributed by atoms with E-state index in [0.29, 0.717) is 12.8 Å². The quantitative estimate of drug-likeness (QED) is 0.479. The molecule has 0 saturated heterocycles. The third-order valence-corrected chi connectivity index (χ3v) is 10.2. The zero-order valence-electron chi connectivity index (χ0n) is 20.4. The number of rotatable bonds is 2. The maximum atomic E-state index is 13.1. The van der Waals surface area contributed by atoms with Gasteiger partial charge in [0.1, 0.15) is 11.4 Å². The van der Waals surface area contributed by atoms with Crippen LogP contribution in [0.15, 0.2) is 47.3 Å². The van der Waals surface area contributed by atoms with Crippen molar-refractivity contribution in [2.45, 2.75) is 77.9 Å². The van der Waals surface area contributed by atoms with E-state index in [1.54, 1.807) is 13.0 Å². The van der Waals surface area contributed by atoms with Gasteiger partial charge < -0.3 is 14.9 Å². The number of ether oxygens (including phenoxy) is 1. The van der Waals surface area contributed by atoms with Gasteiger partial charge in [-0.3, -0.25) is 9.59 Å². The Morgan fingerprint density at radius 1 is 1.15 bits per heavy atom.